The number of amides is 2. The molecule has 1 saturated carbocycles. The molecule has 6 nitrogen and oxygen atoms in total. The van der Waals surface area contributed by atoms with Crippen molar-refractivity contribution in [3.05, 3.63) is 23.8 Å². The van der Waals surface area contributed by atoms with E-state index in [1.807, 2.05) is 0 Å². The van der Waals surface area contributed by atoms with E-state index in [0.29, 0.717) is 23.4 Å². The molecular weight excluding hydrogens is 282 g/mol. The molecule has 0 aromatic heterocycles. The van der Waals surface area contributed by atoms with Gasteiger partial charge in [0.15, 0.2) is 0 Å². The number of hydrogen-bond donors (Lipinski definition) is 3. The zero-order valence-electron chi connectivity index (χ0n) is 13.0. The number of nitrogens with one attached hydrogen (secondary N) is 2. The average molecular weight is 305 g/mol. The lowest BCUT2D eigenvalue weighted by atomic mass is 10.00. The topological polar surface area (TPSA) is 93.5 Å². The van der Waals surface area contributed by atoms with E-state index in [1.165, 1.54) is 7.11 Å². The van der Waals surface area contributed by atoms with E-state index in [1.54, 1.807) is 25.2 Å². The van der Waals surface area contributed by atoms with Crippen LogP contribution in [0.15, 0.2) is 18.2 Å². The monoisotopic (exact) mass is 305 g/mol. The van der Waals surface area contributed by atoms with Crippen molar-refractivity contribution in [1.82, 2.24) is 5.32 Å². The Morgan fingerprint density at radius 3 is 2.73 bits per heavy atom. The van der Waals surface area contributed by atoms with Crippen LogP contribution in [0.3, 0.4) is 0 Å². The molecule has 1 aliphatic carbocycles. The molecule has 1 aromatic rings. The van der Waals surface area contributed by atoms with Gasteiger partial charge in [0.25, 0.3) is 5.91 Å². The van der Waals surface area contributed by atoms with Crippen LogP contribution in [-0.2, 0) is 4.79 Å². The van der Waals surface area contributed by atoms with Crippen LogP contribution >= 0.6 is 0 Å². The number of nitrogens with two attached hydrogens (primary N) is 1. The molecule has 0 heterocycles. The van der Waals surface area contributed by atoms with Gasteiger partial charge in [-0.05, 0) is 37.0 Å². The van der Waals surface area contributed by atoms with Gasteiger partial charge < -0.3 is 21.1 Å². The van der Waals surface area contributed by atoms with Gasteiger partial charge >= 0.3 is 0 Å². The van der Waals surface area contributed by atoms with Crippen molar-refractivity contribution in [3.63, 3.8) is 0 Å². The molecule has 0 aliphatic heterocycles. The Kier molecular flexibility index (Phi) is 5.38. The Morgan fingerprint density at radius 2 is 2.14 bits per heavy atom. The second-order valence-corrected chi connectivity index (χ2v) is 5.60. The smallest absolute Gasteiger partial charge is 0.251 e. The van der Waals surface area contributed by atoms with Crippen molar-refractivity contribution in [2.45, 2.75) is 31.7 Å². The van der Waals surface area contributed by atoms with E-state index in [4.69, 9.17) is 10.5 Å². The minimum Gasteiger partial charge on any atom is -0.495 e. The summed E-state index contributed by atoms with van der Waals surface area (Å²) < 4.78 is 5.23. The van der Waals surface area contributed by atoms with Gasteiger partial charge in [0.1, 0.15) is 5.75 Å². The third kappa shape index (κ3) is 3.76. The quantitative estimate of drug-likeness (QED) is 0.768. The molecule has 2 amide bonds. The van der Waals surface area contributed by atoms with E-state index >= 15 is 0 Å². The van der Waals surface area contributed by atoms with Crippen molar-refractivity contribution >= 4 is 17.5 Å². The van der Waals surface area contributed by atoms with E-state index in [0.717, 1.165) is 19.3 Å². The van der Waals surface area contributed by atoms with Crippen molar-refractivity contribution in [2.24, 2.45) is 11.7 Å². The summed E-state index contributed by atoms with van der Waals surface area (Å²) in [6.45, 7) is 0. The summed E-state index contributed by atoms with van der Waals surface area (Å²) in [5.74, 6) is 0.440. The molecule has 4 N–H and O–H groups in total. The number of benzene rings is 1. The van der Waals surface area contributed by atoms with Crippen LogP contribution in [0.2, 0.25) is 0 Å². The number of methoxy groups -OCH3 is 1. The lowest BCUT2D eigenvalue weighted by Crippen LogP contribution is -2.28. The summed E-state index contributed by atoms with van der Waals surface area (Å²) in [5, 5.41) is 5.38. The molecule has 2 atom stereocenters. The molecular formula is C16H23N3O3. The number of rotatable bonds is 5. The second kappa shape index (κ2) is 7.26. The van der Waals surface area contributed by atoms with Gasteiger partial charge in [0.05, 0.1) is 12.8 Å². The standard InChI is InChI=1S/C16H23N3O3/c1-18-16(21)11-6-7-14(22-2)13(8-11)19-15(20)9-10-4-3-5-12(10)17/h6-8,10,12H,3-5,9,17H2,1-2H3,(H,18,21)(H,19,20)/t10-,12+/m0/s1. The Hall–Kier alpha value is -2.08. The SMILES string of the molecule is CNC(=O)c1ccc(OC)c(NC(=O)C[C@@H]2CCC[C@H]2N)c1. The molecule has 1 aliphatic rings. The van der Waals surface area contributed by atoms with E-state index in [2.05, 4.69) is 10.6 Å². The van der Waals surface area contributed by atoms with Crippen molar-refractivity contribution < 1.29 is 14.3 Å². The normalized spacial score (nSPS) is 20.5. The highest BCUT2D eigenvalue weighted by Gasteiger charge is 2.26. The van der Waals surface area contributed by atoms with Gasteiger partial charge in [-0.25, -0.2) is 0 Å². The van der Waals surface area contributed by atoms with Gasteiger partial charge in [-0.3, -0.25) is 9.59 Å². The third-order valence-corrected chi connectivity index (χ3v) is 4.13. The molecule has 1 aromatic carbocycles. The predicted molar refractivity (Wildman–Crippen MR) is 84.9 cm³/mol. The largest absolute Gasteiger partial charge is 0.495 e. The summed E-state index contributed by atoms with van der Waals surface area (Å²) in [7, 11) is 3.09. The zero-order valence-corrected chi connectivity index (χ0v) is 13.0. The molecule has 0 spiro atoms. The maximum absolute atomic E-state index is 12.2. The molecule has 0 radical (unpaired) electrons. The minimum atomic E-state index is -0.212. The maximum Gasteiger partial charge on any atom is 0.251 e. The Morgan fingerprint density at radius 1 is 1.36 bits per heavy atom. The van der Waals surface area contributed by atoms with E-state index in [-0.39, 0.29) is 23.8 Å². The van der Waals surface area contributed by atoms with Crippen LogP contribution in [-0.4, -0.2) is 32.0 Å². The fourth-order valence-electron chi connectivity index (χ4n) is 2.85. The summed E-state index contributed by atoms with van der Waals surface area (Å²) >= 11 is 0. The van der Waals surface area contributed by atoms with E-state index in [9.17, 15) is 9.59 Å². The highest BCUT2D eigenvalue weighted by Crippen LogP contribution is 2.29. The first-order valence-electron chi connectivity index (χ1n) is 7.50. The first kappa shape index (κ1) is 16.3. The number of carbonyl (C=O) groups is 2. The summed E-state index contributed by atoms with van der Waals surface area (Å²) in [6.07, 6.45) is 3.44. The predicted octanol–water partition coefficient (Wildman–Crippen LogP) is 1.51. The lowest BCUT2D eigenvalue weighted by Gasteiger charge is -2.16. The number of ether oxygens (including phenoxy) is 1. The first-order chi connectivity index (χ1) is 10.5. The summed E-state index contributed by atoms with van der Waals surface area (Å²) in [5.41, 5.74) is 6.97. The number of anilines is 1. The molecule has 0 saturated heterocycles. The highest BCUT2D eigenvalue weighted by molar-refractivity contribution is 5.98. The Balaban J connectivity index is 2.09. The average Bonchev–Trinajstić information content (AvgIpc) is 2.91. The molecule has 1 fully saturated rings. The molecule has 22 heavy (non-hydrogen) atoms. The van der Waals surface area contributed by atoms with Crippen LogP contribution in [0, 0.1) is 5.92 Å². The van der Waals surface area contributed by atoms with Crippen LogP contribution in [0.4, 0.5) is 5.69 Å². The highest BCUT2D eigenvalue weighted by atomic mass is 16.5. The van der Waals surface area contributed by atoms with Crippen LogP contribution < -0.4 is 21.1 Å². The lowest BCUT2D eigenvalue weighted by molar-refractivity contribution is -0.117. The minimum absolute atomic E-state index is 0.102. The molecule has 0 unspecified atom stereocenters. The van der Waals surface area contributed by atoms with Crippen molar-refractivity contribution in [1.29, 1.82) is 0 Å². The second-order valence-electron chi connectivity index (χ2n) is 5.60. The Labute approximate surface area is 130 Å². The van der Waals surface area contributed by atoms with Gasteiger partial charge in [-0.15, -0.1) is 0 Å². The fourth-order valence-corrected chi connectivity index (χ4v) is 2.85. The summed E-state index contributed by atoms with van der Waals surface area (Å²) in [4.78, 5) is 23.9. The van der Waals surface area contributed by atoms with Gasteiger partial charge in [0.2, 0.25) is 5.91 Å². The number of carbonyl (C=O) groups excluding carboxylic acids is 2. The molecule has 2 rings (SSSR count). The first-order valence-corrected chi connectivity index (χ1v) is 7.50. The van der Waals surface area contributed by atoms with Crippen molar-refractivity contribution in [3.8, 4) is 5.75 Å². The van der Waals surface area contributed by atoms with Gasteiger partial charge in [0, 0.05) is 25.1 Å². The molecule has 6 heteroatoms. The number of hydrogen-bond acceptors (Lipinski definition) is 4. The maximum atomic E-state index is 12.2. The summed E-state index contributed by atoms with van der Waals surface area (Å²) in [6, 6.07) is 5.04. The van der Waals surface area contributed by atoms with Crippen molar-refractivity contribution in [2.75, 3.05) is 19.5 Å². The molecule has 120 valence electrons. The fraction of sp³-hybridized carbons (Fsp3) is 0.500. The van der Waals surface area contributed by atoms with E-state index < -0.39 is 0 Å². The van der Waals surface area contributed by atoms with Crippen LogP contribution in [0.1, 0.15) is 36.0 Å². The zero-order chi connectivity index (χ0) is 16.1. The van der Waals surface area contributed by atoms with Crippen LogP contribution in [0.5, 0.6) is 5.75 Å². The third-order valence-electron chi connectivity index (χ3n) is 4.13. The molecule has 0 bridgehead atoms. The Bertz CT molecular complexity index is 560. The van der Waals surface area contributed by atoms with Gasteiger partial charge in [-0.2, -0.15) is 0 Å². The van der Waals surface area contributed by atoms with Gasteiger partial charge in [-0.1, -0.05) is 6.42 Å². The van der Waals surface area contributed by atoms with Crippen LogP contribution in [0.25, 0.3) is 0 Å².